The highest BCUT2D eigenvalue weighted by molar-refractivity contribution is 6.34. The second-order valence-electron chi connectivity index (χ2n) is 6.67. The fourth-order valence-corrected chi connectivity index (χ4v) is 3.20. The van der Waals surface area contributed by atoms with E-state index < -0.39 is 47.4 Å². The summed E-state index contributed by atoms with van der Waals surface area (Å²) in [5, 5.41) is 0. The maximum Gasteiger partial charge on any atom is 0.338 e. The maximum atomic E-state index is 13.7. The summed E-state index contributed by atoms with van der Waals surface area (Å²) in [5.41, 5.74) is 0.101. The van der Waals surface area contributed by atoms with Crippen LogP contribution >= 0.6 is 0 Å². The molecule has 0 spiro atoms. The fraction of sp³-hybridized carbons (Fsp3) is 0.0435. The predicted octanol–water partition coefficient (Wildman–Crippen LogP) is 3.81. The van der Waals surface area contributed by atoms with Gasteiger partial charge in [0.1, 0.15) is 11.6 Å². The van der Waals surface area contributed by atoms with Crippen molar-refractivity contribution < 1.29 is 32.7 Å². The van der Waals surface area contributed by atoms with Crippen molar-refractivity contribution in [3.63, 3.8) is 0 Å². The fourth-order valence-electron chi connectivity index (χ4n) is 3.20. The lowest BCUT2D eigenvalue weighted by Gasteiger charge is -2.14. The third-order valence-corrected chi connectivity index (χ3v) is 4.70. The molecule has 6 nitrogen and oxygen atoms in total. The second-order valence-corrected chi connectivity index (χ2v) is 6.67. The number of Topliss-reactive ketones (excluding diaryl/α,β-unsaturated/α-hetero) is 1. The number of benzene rings is 3. The van der Waals surface area contributed by atoms with Gasteiger partial charge >= 0.3 is 5.97 Å². The molecule has 0 aromatic heterocycles. The van der Waals surface area contributed by atoms with Crippen molar-refractivity contribution in [2.24, 2.45) is 0 Å². The van der Waals surface area contributed by atoms with Gasteiger partial charge in [-0.15, -0.1) is 0 Å². The second kappa shape index (κ2) is 7.91. The number of imide groups is 1. The van der Waals surface area contributed by atoms with Crippen LogP contribution in [-0.4, -0.2) is 30.2 Å². The number of ketones is 1. The lowest BCUT2D eigenvalue weighted by atomic mass is 10.1. The van der Waals surface area contributed by atoms with E-state index in [1.807, 2.05) is 0 Å². The van der Waals surface area contributed by atoms with Gasteiger partial charge in [-0.2, -0.15) is 0 Å². The molecular weight excluding hydrogens is 408 g/mol. The molecule has 31 heavy (non-hydrogen) atoms. The lowest BCUT2D eigenvalue weighted by molar-refractivity contribution is 0.0473. The van der Waals surface area contributed by atoms with Crippen LogP contribution in [0.15, 0.2) is 66.7 Å². The van der Waals surface area contributed by atoms with Gasteiger partial charge in [0.2, 0.25) is 5.78 Å². The number of nitrogens with zero attached hydrogens (tertiary/aromatic N) is 1. The third kappa shape index (κ3) is 3.71. The molecule has 1 aliphatic rings. The van der Waals surface area contributed by atoms with Crippen LogP contribution in [0.3, 0.4) is 0 Å². The highest BCUT2D eigenvalue weighted by Gasteiger charge is 2.36. The number of carbonyl (C=O) groups excluding carboxylic acids is 4. The summed E-state index contributed by atoms with van der Waals surface area (Å²) in [7, 11) is 0. The third-order valence-electron chi connectivity index (χ3n) is 4.70. The average Bonchev–Trinajstić information content (AvgIpc) is 3.04. The SMILES string of the molecule is O=C(OCC(=O)c1cc(F)ccc1F)c1cccc(N2C(=O)c3ccccc3C2=O)c1. The Kier molecular flexibility index (Phi) is 5.12. The van der Waals surface area contributed by atoms with Gasteiger partial charge in [0.25, 0.3) is 11.8 Å². The molecule has 3 aromatic rings. The van der Waals surface area contributed by atoms with Crippen molar-refractivity contribution in [1.29, 1.82) is 0 Å². The van der Waals surface area contributed by atoms with Crippen LogP contribution in [0.4, 0.5) is 14.5 Å². The van der Waals surface area contributed by atoms with Gasteiger partial charge in [-0.05, 0) is 48.5 Å². The number of rotatable bonds is 5. The minimum Gasteiger partial charge on any atom is -0.454 e. The monoisotopic (exact) mass is 421 g/mol. The summed E-state index contributed by atoms with van der Waals surface area (Å²) < 4.78 is 31.8. The predicted molar refractivity (Wildman–Crippen MR) is 105 cm³/mol. The molecule has 0 radical (unpaired) electrons. The molecule has 154 valence electrons. The van der Waals surface area contributed by atoms with Crippen LogP contribution in [0, 0.1) is 11.6 Å². The first-order chi connectivity index (χ1) is 14.9. The van der Waals surface area contributed by atoms with E-state index in [0.717, 1.165) is 17.0 Å². The highest BCUT2D eigenvalue weighted by atomic mass is 19.1. The zero-order valence-electron chi connectivity index (χ0n) is 15.8. The number of ether oxygens (including phenoxy) is 1. The van der Waals surface area contributed by atoms with Crippen LogP contribution in [0.2, 0.25) is 0 Å². The van der Waals surface area contributed by atoms with Crippen molar-refractivity contribution in [1.82, 2.24) is 0 Å². The molecule has 0 saturated carbocycles. The number of fused-ring (bicyclic) bond motifs is 1. The highest BCUT2D eigenvalue weighted by Crippen LogP contribution is 2.28. The number of carbonyl (C=O) groups is 4. The molecule has 0 atom stereocenters. The standard InChI is InChI=1S/C23H13F2NO5/c24-14-8-9-19(25)18(11-14)20(27)12-31-23(30)13-4-3-5-15(10-13)26-21(28)16-6-1-2-7-17(16)22(26)29/h1-11H,12H2. The van der Waals surface area contributed by atoms with E-state index in [4.69, 9.17) is 4.74 Å². The smallest absolute Gasteiger partial charge is 0.338 e. The van der Waals surface area contributed by atoms with Crippen molar-refractivity contribution >= 4 is 29.3 Å². The molecular formula is C23H13F2NO5. The van der Waals surface area contributed by atoms with E-state index in [1.54, 1.807) is 12.1 Å². The van der Waals surface area contributed by atoms with E-state index in [1.165, 1.54) is 36.4 Å². The van der Waals surface area contributed by atoms with Gasteiger partial charge in [-0.3, -0.25) is 14.4 Å². The maximum absolute atomic E-state index is 13.7. The molecule has 2 amide bonds. The van der Waals surface area contributed by atoms with Gasteiger partial charge in [-0.1, -0.05) is 18.2 Å². The lowest BCUT2D eigenvalue weighted by Crippen LogP contribution is -2.29. The van der Waals surface area contributed by atoms with Crippen LogP contribution in [-0.2, 0) is 4.74 Å². The Morgan fingerprint density at radius 3 is 2.19 bits per heavy atom. The van der Waals surface area contributed by atoms with Crippen molar-refractivity contribution in [3.05, 3.63) is 101 Å². The van der Waals surface area contributed by atoms with E-state index in [2.05, 4.69) is 0 Å². The van der Waals surface area contributed by atoms with Gasteiger partial charge in [0.15, 0.2) is 6.61 Å². The zero-order chi connectivity index (χ0) is 22.1. The Morgan fingerprint density at radius 2 is 1.52 bits per heavy atom. The molecule has 1 aliphatic heterocycles. The van der Waals surface area contributed by atoms with E-state index >= 15 is 0 Å². The van der Waals surface area contributed by atoms with E-state index in [-0.39, 0.29) is 22.4 Å². The molecule has 8 heteroatoms. The van der Waals surface area contributed by atoms with Gasteiger partial charge in [0.05, 0.1) is 27.9 Å². The van der Waals surface area contributed by atoms with Gasteiger partial charge in [0, 0.05) is 0 Å². The van der Waals surface area contributed by atoms with Crippen LogP contribution in [0.5, 0.6) is 0 Å². The number of hydrogen-bond acceptors (Lipinski definition) is 5. The van der Waals surface area contributed by atoms with E-state index in [9.17, 15) is 28.0 Å². The van der Waals surface area contributed by atoms with E-state index in [0.29, 0.717) is 6.07 Å². The molecule has 4 rings (SSSR count). The normalized spacial score (nSPS) is 12.6. The van der Waals surface area contributed by atoms with Crippen LogP contribution in [0.1, 0.15) is 41.4 Å². The quantitative estimate of drug-likeness (QED) is 0.356. The largest absolute Gasteiger partial charge is 0.454 e. The first-order valence-corrected chi connectivity index (χ1v) is 9.10. The molecule has 0 unspecified atom stereocenters. The number of hydrogen-bond donors (Lipinski definition) is 0. The van der Waals surface area contributed by atoms with Crippen molar-refractivity contribution in [2.75, 3.05) is 11.5 Å². The number of halogens is 2. The molecule has 0 aliphatic carbocycles. The molecule has 3 aromatic carbocycles. The summed E-state index contributed by atoms with van der Waals surface area (Å²) >= 11 is 0. The topological polar surface area (TPSA) is 80.8 Å². The molecule has 0 fully saturated rings. The van der Waals surface area contributed by atoms with Crippen LogP contribution in [0.25, 0.3) is 0 Å². The van der Waals surface area contributed by atoms with Crippen molar-refractivity contribution in [2.45, 2.75) is 0 Å². The Morgan fingerprint density at radius 1 is 0.839 bits per heavy atom. The summed E-state index contributed by atoms with van der Waals surface area (Å²) in [4.78, 5) is 50.5. The Labute approximate surface area is 174 Å². The van der Waals surface area contributed by atoms with Gasteiger partial charge < -0.3 is 4.74 Å². The summed E-state index contributed by atoms with van der Waals surface area (Å²) in [5.74, 6) is -4.63. The molecule has 0 saturated heterocycles. The Hall–Kier alpha value is -4.20. The number of esters is 1. The minimum atomic E-state index is -0.935. The first kappa shape index (κ1) is 20.1. The Balaban J connectivity index is 1.51. The minimum absolute atomic E-state index is 0.0263. The summed E-state index contributed by atoms with van der Waals surface area (Å²) in [6, 6.07) is 14.3. The summed E-state index contributed by atoms with van der Waals surface area (Å²) in [6.07, 6.45) is 0. The zero-order valence-corrected chi connectivity index (χ0v) is 15.8. The molecule has 1 heterocycles. The van der Waals surface area contributed by atoms with Crippen LogP contribution < -0.4 is 4.90 Å². The number of anilines is 1. The Bertz CT molecular complexity index is 1220. The average molecular weight is 421 g/mol. The molecule has 0 N–H and O–H groups in total. The summed E-state index contributed by atoms with van der Waals surface area (Å²) in [6.45, 7) is -0.809. The first-order valence-electron chi connectivity index (χ1n) is 9.10. The van der Waals surface area contributed by atoms with Gasteiger partial charge in [-0.25, -0.2) is 18.5 Å². The number of amides is 2. The van der Waals surface area contributed by atoms with Crippen molar-refractivity contribution in [3.8, 4) is 0 Å². The molecule has 0 bridgehead atoms.